The first-order valence-electron chi connectivity index (χ1n) is 4.23. The summed E-state index contributed by atoms with van der Waals surface area (Å²) in [7, 11) is 0. The van der Waals surface area contributed by atoms with Crippen molar-refractivity contribution in [2.45, 2.75) is 6.54 Å². The summed E-state index contributed by atoms with van der Waals surface area (Å²) in [5.41, 5.74) is 5.75. The molecule has 0 aromatic carbocycles. The fourth-order valence-corrected chi connectivity index (χ4v) is 1.58. The minimum absolute atomic E-state index is 0.251. The zero-order chi connectivity index (χ0) is 10.7. The van der Waals surface area contributed by atoms with E-state index in [1.165, 1.54) is 11.3 Å². The molecule has 0 aliphatic heterocycles. The normalized spacial score (nSPS) is 10.1. The maximum absolute atomic E-state index is 11.5. The van der Waals surface area contributed by atoms with Crippen molar-refractivity contribution in [3.8, 4) is 0 Å². The summed E-state index contributed by atoms with van der Waals surface area (Å²) < 4.78 is 0. The van der Waals surface area contributed by atoms with E-state index in [1.54, 1.807) is 17.8 Å². The van der Waals surface area contributed by atoms with Crippen molar-refractivity contribution < 1.29 is 4.79 Å². The topological polar surface area (TPSA) is 96.7 Å². The van der Waals surface area contributed by atoms with Crippen LogP contribution in [-0.2, 0) is 6.54 Å². The molecular weight excluding hydrogens is 214 g/mol. The fraction of sp³-hybridized carbons (Fsp3) is 0.125. The number of H-pyrrole nitrogens is 1. The molecule has 0 unspecified atom stereocenters. The summed E-state index contributed by atoms with van der Waals surface area (Å²) >= 11 is 1.24. The molecule has 78 valence electrons. The van der Waals surface area contributed by atoms with Crippen LogP contribution in [0.15, 0.2) is 17.8 Å². The monoisotopic (exact) mass is 223 g/mol. The van der Waals surface area contributed by atoms with Crippen LogP contribution in [-0.4, -0.2) is 20.9 Å². The lowest BCUT2D eigenvalue weighted by atomic mass is 10.4. The average Bonchev–Trinajstić information content (AvgIpc) is 2.84. The Hall–Kier alpha value is -1.89. The van der Waals surface area contributed by atoms with Gasteiger partial charge in [-0.25, -0.2) is 9.97 Å². The van der Waals surface area contributed by atoms with Gasteiger partial charge in [-0.2, -0.15) is 0 Å². The Morgan fingerprint density at radius 3 is 3.13 bits per heavy atom. The molecule has 7 heteroatoms. The lowest BCUT2D eigenvalue weighted by Gasteiger charge is -1.99. The van der Waals surface area contributed by atoms with Gasteiger partial charge in [-0.1, -0.05) is 0 Å². The SMILES string of the molecule is Nc1nc(C(=O)NCc2ncc[nH]2)cs1. The van der Waals surface area contributed by atoms with Crippen LogP contribution in [0.25, 0.3) is 0 Å². The number of aromatic amines is 1. The fourth-order valence-electron chi connectivity index (χ4n) is 1.04. The lowest BCUT2D eigenvalue weighted by molar-refractivity contribution is 0.0946. The zero-order valence-corrected chi connectivity index (χ0v) is 8.54. The van der Waals surface area contributed by atoms with E-state index in [4.69, 9.17) is 5.73 Å². The molecule has 0 aliphatic rings. The van der Waals surface area contributed by atoms with Crippen LogP contribution in [0.5, 0.6) is 0 Å². The number of nitrogens with two attached hydrogens (primary N) is 1. The van der Waals surface area contributed by atoms with E-state index in [9.17, 15) is 4.79 Å². The molecule has 6 nitrogen and oxygen atoms in total. The number of nitrogen functional groups attached to an aromatic ring is 1. The number of aromatic nitrogens is 3. The molecule has 0 radical (unpaired) electrons. The Labute approximate surface area is 89.6 Å². The number of imidazole rings is 1. The molecule has 0 spiro atoms. The molecule has 4 N–H and O–H groups in total. The number of rotatable bonds is 3. The van der Waals surface area contributed by atoms with Gasteiger partial charge in [0.25, 0.3) is 5.91 Å². The minimum atomic E-state index is -0.251. The van der Waals surface area contributed by atoms with E-state index in [-0.39, 0.29) is 5.91 Å². The number of carbonyl (C=O) groups is 1. The van der Waals surface area contributed by atoms with Gasteiger partial charge in [0, 0.05) is 17.8 Å². The van der Waals surface area contributed by atoms with Crippen LogP contribution in [0.1, 0.15) is 16.3 Å². The molecule has 0 saturated heterocycles. The van der Waals surface area contributed by atoms with Crippen molar-refractivity contribution in [3.05, 3.63) is 29.3 Å². The van der Waals surface area contributed by atoms with E-state index in [2.05, 4.69) is 20.3 Å². The van der Waals surface area contributed by atoms with Crippen LogP contribution >= 0.6 is 11.3 Å². The molecule has 2 aromatic heterocycles. The van der Waals surface area contributed by atoms with Crippen molar-refractivity contribution in [3.63, 3.8) is 0 Å². The molecule has 2 rings (SSSR count). The van der Waals surface area contributed by atoms with Gasteiger partial charge in [-0.3, -0.25) is 4.79 Å². The summed E-state index contributed by atoms with van der Waals surface area (Å²) in [6.45, 7) is 0.350. The van der Waals surface area contributed by atoms with Gasteiger partial charge in [0.1, 0.15) is 11.5 Å². The number of nitrogens with zero attached hydrogens (tertiary/aromatic N) is 2. The van der Waals surface area contributed by atoms with Crippen LogP contribution < -0.4 is 11.1 Å². The predicted octanol–water partition coefficient (Wildman–Crippen LogP) is 0.378. The summed E-state index contributed by atoms with van der Waals surface area (Å²) in [5.74, 6) is 0.450. The van der Waals surface area contributed by atoms with Crippen LogP contribution in [0.3, 0.4) is 0 Å². The Balaban J connectivity index is 1.93. The van der Waals surface area contributed by atoms with Crippen LogP contribution in [0.4, 0.5) is 5.13 Å². The number of hydrogen-bond donors (Lipinski definition) is 3. The summed E-state index contributed by atoms with van der Waals surface area (Å²) in [4.78, 5) is 22.2. The average molecular weight is 223 g/mol. The smallest absolute Gasteiger partial charge is 0.271 e. The standard InChI is InChI=1S/C8H9N5OS/c9-8-13-5(4-15-8)7(14)12-3-6-10-1-2-11-6/h1-2,4H,3H2,(H2,9,13)(H,10,11)(H,12,14). The molecule has 0 aliphatic carbocycles. The van der Waals surface area contributed by atoms with E-state index in [0.717, 1.165) is 0 Å². The van der Waals surface area contributed by atoms with Gasteiger partial charge >= 0.3 is 0 Å². The highest BCUT2D eigenvalue weighted by Crippen LogP contribution is 2.10. The van der Waals surface area contributed by atoms with Crippen LogP contribution in [0.2, 0.25) is 0 Å². The maximum Gasteiger partial charge on any atom is 0.271 e. The van der Waals surface area contributed by atoms with Crippen molar-refractivity contribution in [1.82, 2.24) is 20.3 Å². The molecule has 0 fully saturated rings. The first-order valence-corrected chi connectivity index (χ1v) is 5.11. The van der Waals surface area contributed by atoms with Crippen molar-refractivity contribution in [2.75, 3.05) is 5.73 Å². The summed E-state index contributed by atoms with van der Waals surface area (Å²) in [5, 5.41) is 4.68. The number of carbonyl (C=O) groups excluding carboxylic acids is 1. The third-order valence-electron chi connectivity index (χ3n) is 1.73. The third-order valence-corrected chi connectivity index (χ3v) is 2.40. The van der Waals surface area contributed by atoms with Gasteiger partial charge in [0.05, 0.1) is 6.54 Å². The molecule has 0 saturated carbocycles. The van der Waals surface area contributed by atoms with E-state index < -0.39 is 0 Å². The summed E-state index contributed by atoms with van der Waals surface area (Å²) in [6, 6.07) is 0. The second-order valence-corrected chi connectivity index (χ2v) is 3.68. The lowest BCUT2D eigenvalue weighted by Crippen LogP contribution is -2.23. The Bertz CT molecular complexity index is 449. The van der Waals surface area contributed by atoms with E-state index >= 15 is 0 Å². The first kappa shape index (κ1) is 9.66. The number of amides is 1. The summed E-state index contributed by atoms with van der Waals surface area (Å²) in [6.07, 6.45) is 3.32. The van der Waals surface area contributed by atoms with Crippen molar-refractivity contribution >= 4 is 22.4 Å². The van der Waals surface area contributed by atoms with Crippen molar-refractivity contribution in [2.24, 2.45) is 0 Å². The molecule has 0 bridgehead atoms. The number of hydrogen-bond acceptors (Lipinski definition) is 5. The third kappa shape index (κ3) is 2.32. The molecular formula is C8H9N5OS. The molecule has 2 aromatic rings. The Morgan fingerprint density at radius 1 is 1.67 bits per heavy atom. The van der Waals surface area contributed by atoms with Gasteiger partial charge in [0.15, 0.2) is 5.13 Å². The Morgan fingerprint density at radius 2 is 2.53 bits per heavy atom. The molecule has 0 atom stereocenters. The van der Waals surface area contributed by atoms with Gasteiger partial charge in [-0.05, 0) is 0 Å². The van der Waals surface area contributed by atoms with E-state index in [1.807, 2.05) is 0 Å². The largest absolute Gasteiger partial charge is 0.375 e. The Kier molecular flexibility index (Phi) is 2.64. The first-order chi connectivity index (χ1) is 7.25. The minimum Gasteiger partial charge on any atom is -0.375 e. The van der Waals surface area contributed by atoms with Crippen LogP contribution in [0, 0.1) is 0 Å². The van der Waals surface area contributed by atoms with Gasteiger partial charge < -0.3 is 16.0 Å². The highest BCUT2D eigenvalue weighted by atomic mass is 32.1. The highest BCUT2D eigenvalue weighted by molar-refractivity contribution is 7.13. The molecule has 15 heavy (non-hydrogen) atoms. The van der Waals surface area contributed by atoms with Gasteiger partial charge in [-0.15, -0.1) is 11.3 Å². The highest BCUT2D eigenvalue weighted by Gasteiger charge is 2.09. The second kappa shape index (κ2) is 4.09. The molecule has 1 amide bonds. The number of thiazole rings is 1. The van der Waals surface area contributed by atoms with Crippen molar-refractivity contribution in [1.29, 1.82) is 0 Å². The quantitative estimate of drug-likeness (QED) is 0.700. The maximum atomic E-state index is 11.5. The molecule has 2 heterocycles. The zero-order valence-electron chi connectivity index (χ0n) is 7.73. The van der Waals surface area contributed by atoms with E-state index in [0.29, 0.717) is 23.2 Å². The number of nitrogens with one attached hydrogen (secondary N) is 2. The predicted molar refractivity (Wildman–Crippen MR) is 56.3 cm³/mol. The second-order valence-electron chi connectivity index (χ2n) is 2.79. The number of anilines is 1. The van der Waals surface area contributed by atoms with Gasteiger partial charge in [0.2, 0.25) is 0 Å².